The number of rotatable bonds is 7. The maximum absolute atomic E-state index is 12.3. The molecule has 0 spiro atoms. The highest BCUT2D eigenvalue weighted by Crippen LogP contribution is 2.22. The van der Waals surface area contributed by atoms with Gasteiger partial charge in [0.15, 0.2) is 0 Å². The van der Waals surface area contributed by atoms with Gasteiger partial charge < -0.3 is 10.1 Å². The molecule has 134 valence electrons. The Morgan fingerprint density at radius 2 is 1.88 bits per heavy atom. The van der Waals surface area contributed by atoms with Crippen molar-refractivity contribution in [1.82, 2.24) is 9.78 Å². The highest BCUT2D eigenvalue weighted by atomic mass is 32.2. The van der Waals surface area contributed by atoms with Gasteiger partial charge in [-0.15, -0.1) is 11.8 Å². The molecule has 0 radical (unpaired) electrons. The van der Waals surface area contributed by atoms with E-state index in [9.17, 15) is 4.79 Å². The van der Waals surface area contributed by atoms with Crippen molar-refractivity contribution in [2.24, 2.45) is 0 Å². The molecule has 0 saturated heterocycles. The van der Waals surface area contributed by atoms with Crippen molar-refractivity contribution in [2.45, 2.75) is 18.2 Å². The number of aromatic nitrogens is 2. The number of anilines is 1. The van der Waals surface area contributed by atoms with Gasteiger partial charge in [0, 0.05) is 23.1 Å². The van der Waals surface area contributed by atoms with E-state index in [-0.39, 0.29) is 5.91 Å². The number of nitrogens with one attached hydrogen (secondary N) is 1. The molecule has 0 fully saturated rings. The minimum absolute atomic E-state index is 0.0249. The van der Waals surface area contributed by atoms with Crippen molar-refractivity contribution < 1.29 is 9.53 Å². The number of ether oxygens (including phenoxy) is 1. The molecule has 0 aliphatic heterocycles. The molecule has 0 aliphatic carbocycles. The molecule has 1 aromatic heterocycles. The lowest BCUT2D eigenvalue weighted by Crippen LogP contribution is -2.15. The average Bonchev–Trinajstić information content (AvgIpc) is 3.03. The lowest BCUT2D eigenvalue weighted by atomic mass is 10.3. The van der Waals surface area contributed by atoms with E-state index in [4.69, 9.17) is 4.74 Å². The molecule has 0 aliphatic rings. The van der Waals surface area contributed by atoms with Gasteiger partial charge in [0.05, 0.1) is 18.5 Å². The molecular weight excluding hydrogens is 346 g/mol. The molecule has 1 heterocycles. The van der Waals surface area contributed by atoms with E-state index in [1.165, 1.54) is 0 Å². The number of methoxy groups -OCH3 is 1. The standard InChI is InChI=1S/C20H21N3O2S/c1-15-14-19(23(22-15)16-6-4-3-5-7-16)21-20(24)12-13-26-18-10-8-17(25-2)9-11-18/h3-11,14H,12-13H2,1-2H3,(H,21,24). The quantitative estimate of drug-likeness (QED) is 0.632. The van der Waals surface area contributed by atoms with E-state index < -0.39 is 0 Å². The van der Waals surface area contributed by atoms with Gasteiger partial charge in [-0.25, -0.2) is 4.68 Å². The number of para-hydroxylation sites is 1. The molecule has 26 heavy (non-hydrogen) atoms. The Labute approximate surface area is 157 Å². The van der Waals surface area contributed by atoms with Crippen LogP contribution < -0.4 is 10.1 Å². The molecule has 1 amide bonds. The molecule has 0 bridgehead atoms. The topological polar surface area (TPSA) is 56.1 Å². The van der Waals surface area contributed by atoms with Crippen LogP contribution in [0.4, 0.5) is 5.82 Å². The number of thioether (sulfide) groups is 1. The van der Waals surface area contributed by atoms with E-state index in [1.54, 1.807) is 23.6 Å². The van der Waals surface area contributed by atoms with Crippen LogP contribution in [0.2, 0.25) is 0 Å². The predicted octanol–water partition coefficient (Wildman–Crippen LogP) is 4.31. The summed E-state index contributed by atoms with van der Waals surface area (Å²) >= 11 is 1.65. The maximum atomic E-state index is 12.3. The molecule has 1 N–H and O–H groups in total. The zero-order valence-corrected chi connectivity index (χ0v) is 15.6. The SMILES string of the molecule is COc1ccc(SCCC(=O)Nc2cc(C)nn2-c2ccccc2)cc1. The lowest BCUT2D eigenvalue weighted by Gasteiger charge is -2.09. The first-order valence-corrected chi connectivity index (χ1v) is 9.33. The Hall–Kier alpha value is -2.73. The van der Waals surface area contributed by atoms with Crippen LogP contribution in [0.3, 0.4) is 0 Å². The van der Waals surface area contributed by atoms with Crippen molar-refractivity contribution in [3.8, 4) is 11.4 Å². The number of carbonyl (C=O) groups excluding carboxylic acids is 1. The molecule has 0 unspecified atom stereocenters. The Balaban J connectivity index is 1.57. The van der Waals surface area contributed by atoms with Crippen molar-refractivity contribution in [2.75, 3.05) is 18.2 Å². The van der Waals surface area contributed by atoms with Crippen LogP contribution >= 0.6 is 11.8 Å². The summed E-state index contributed by atoms with van der Waals surface area (Å²) < 4.78 is 6.90. The number of hydrogen-bond donors (Lipinski definition) is 1. The highest BCUT2D eigenvalue weighted by Gasteiger charge is 2.11. The second-order valence-electron chi connectivity index (χ2n) is 5.74. The highest BCUT2D eigenvalue weighted by molar-refractivity contribution is 7.99. The largest absolute Gasteiger partial charge is 0.497 e. The summed E-state index contributed by atoms with van der Waals surface area (Å²) in [4.78, 5) is 13.4. The summed E-state index contributed by atoms with van der Waals surface area (Å²) in [7, 11) is 1.65. The number of benzene rings is 2. The third-order valence-corrected chi connectivity index (χ3v) is 4.77. The Kier molecular flexibility index (Phi) is 5.96. The van der Waals surface area contributed by atoms with E-state index in [0.29, 0.717) is 18.0 Å². The number of hydrogen-bond acceptors (Lipinski definition) is 4. The Morgan fingerprint density at radius 3 is 2.58 bits per heavy atom. The van der Waals surface area contributed by atoms with Crippen molar-refractivity contribution in [1.29, 1.82) is 0 Å². The number of aryl methyl sites for hydroxylation is 1. The fourth-order valence-corrected chi connectivity index (χ4v) is 3.35. The Bertz CT molecular complexity index is 861. The van der Waals surface area contributed by atoms with Gasteiger partial charge in [0.25, 0.3) is 0 Å². The van der Waals surface area contributed by atoms with E-state index in [1.807, 2.05) is 67.6 Å². The van der Waals surface area contributed by atoms with Gasteiger partial charge >= 0.3 is 0 Å². The second kappa shape index (κ2) is 8.58. The van der Waals surface area contributed by atoms with Gasteiger partial charge in [-0.05, 0) is 43.3 Å². The zero-order chi connectivity index (χ0) is 18.4. The van der Waals surface area contributed by atoms with Gasteiger partial charge in [0.1, 0.15) is 11.6 Å². The number of amides is 1. The summed E-state index contributed by atoms with van der Waals surface area (Å²) in [5.74, 6) is 2.20. The summed E-state index contributed by atoms with van der Waals surface area (Å²) in [6.45, 7) is 1.91. The van der Waals surface area contributed by atoms with Gasteiger partial charge in [-0.1, -0.05) is 18.2 Å². The molecule has 3 rings (SSSR count). The van der Waals surface area contributed by atoms with Crippen LogP contribution in [0.25, 0.3) is 5.69 Å². The van der Waals surface area contributed by atoms with Crippen molar-refractivity contribution in [3.63, 3.8) is 0 Å². The molecule has 0 saturated carbocycles. The van der Waals surface area contributed by atoms with E-state index >= 15 is 0 Å². The van der Waals surface area contributed by atoms with Crippen LogP contribution in [0.5, 0.6) is 5.75 Å². The van der Waals surface area contributed by atoms with Crippen LogP contribution in [-0.2, 0) is 4.79 Å². The van der Waals surface area contributed by atoms with Crippen molar-refractivity contribution >= 4 is 23.5 Å². The normalized spacial score (nSPS) is 10.5. The number of nitrogens with zero attached hydrogens (tertiary/aromatic N) is 2. The minimum atomic E-state index is -0.0249. The summed E-state index contributed by atoms with van der Waals surface area (Å²) in [5, 5.41) is 7.43. The first-order chi connectivity index (χ1) is 12.7. The zero-order valence-electron chi connectivity index (χ0n) is 14.8. The third kappa shape index (κ3) is 4.67. The molecular formula is C20H21N3O2S. The molecule has 3 aromatic rings. The molecule has 6 heteroatoms. The molecule has 5 nitrogen and oxygen atoms in total. The van der Waals surface area contributed by atoms with Crippen molar-refractivity contribution in [3.05, 3.63) is 66.4 Å². The average molecular weight is 367 g/mol. The number of carbonyl (C=O) groups is 1. The fourth-order valence-electron chi connectivity index (χ4n) is 2.49. The first-order valence-electron chi connectivity index (χ1n) is 8.34. The minimum Gasteiger partial charge on any atom is -0.497 e. The third-order valence-electron chi connectivity index (χ3n) is 3.76. The monoisotopic (exact) mass is 367 g/mol. The molecule has 2 aromatic carbocycles. The van der Waals surface area contributed by atoms with Gasteiger partial charge in [-0.2, -0.15) is 5.10 Å². The van der Waals surface area contributed by atoms with Crippen LogP contribution in [0, 0.1) is 6.92 Å². The van der Waals surface area contributed by atoms with Gasteiger partial charge in [-0.3, -0.25) is 4.79 Å². The van der Waals surface area contributed by atoms with Gasteiger partial charge in [0.2, 0.25) is 5.91 Å². The Morgan fingerprint density at radius 1 is 1.15 bits per heavy atom. The smallest absolute Gasteiger partial charge is 0.226 e. The maximum Gasteiger partial charge on any atom is 0.226 e. The summed E-state index contributed by atoms with van der Waals surface area (Å²) in [5.41, 5.74) is 1.78. The van der Waals surface area contributed by atoms with Crippen LogP contribution in [0.15, 0.2) is 65.6 Å². The first kappa shape index (κ1) is 18.1. The fraction of sp³-hybridized carbons (Fsp3) is 0.200. The van der Waals surface area contributed by atoms with E-state index in [2.05, 4.69) is 10.4 Å². The lowest BCUT2D eigenvalue weighted by molar-refractivity contribution is -0.115. The summed E-state index contributed by atoms with van der Waals surface area (Å²) in [6, 6.07) is 19.5. The summed E-state index contributed by atoms with van der Waals surface area (Å²) in [6.07, 6.45) is 0.426. The second-order valence-corrected chi connectivity index (χ2v) is 6.91. The van der Waals surface area contributed by atoms with Crippen LogP contribution in [0.1, 0.15) is 12.1 Å². The van der Waals surface area contributed by atoms with Crippen LogP contribution in [-0.4, -0.2) is 28.6 Å². The predicted molar refractivity (Wildman–Crippen MR) is 105 cm³/mol. The molecule has 0 atom stereocenters. The van der Waals surface area contributed by atoms with E-state index in [0.717, 1.165) is 22.0 Å².